The molecule has 0 saturated heterocycles. The molecule has 1 atom stereocenters. The topological polar surface area (TPSA) is 43.6 Å². The van der Waals surface area contributed by atoms with Crippen LogP contribution in [-0.4, -0.2) is 20.0 Å². The number of benzene rings is 1. The Balaban J connectivity index is 1.77. The molecule has 0 radical (unpaired) electrons. The van der Waals surface area contributed by atoms with Gasteiger partial charge in [-0.25, -0.2) is 9.67 Å². The third-order valence-electron chi connectivity index (χ3n) is 2.86. The van der Waals surface area contributed by atoms with Crippen molar-refractivity contribution in [2.24, 2.45) is 0 Å². The second-order valence-electron chi connectivity index (χ2n) is 4.47. The van der Waals surface area contributed by atoms with Crippen molar-refractivity contribution < 1.29 is 0 Å². The molecule has 3 aromatic rings. The van der Waals surface area contributed by atoms with Gasteiger partial charge in [0.05, 0.1) is 23.8 Å². The van der Waals surface area contributed by atoms with E-state index in [4.69, 9.17) is 11.6 Å². The molecule has 20 heavy (non-hydrogen) atoms. The van der Waals surface area contributed by atoms with Crippen molar-refractivity contribution in [1.29, 1.82) is 0 Å². The van der Waals surface area contributed by atoms with Crippen molar-refractivity contribution in [2.45, 2.75) is 18.8 Å². The normalized spacial score (nSPS) is 12.5. The number of nitrogens with zero attached hydrogens (tertiary/aromatic N) is 4. The Labute approximate surface area is 126 Å². The third kappa shape index (κ3) is 2.89. The van der Waals surface area contributed by atoms with Crippen LogP contribution in [0.4, 0.5) is 0 Å². The summed E-state index contributed by atoms with van der Waals surface area (Å²) in [5, 5.41) is 11.0. The van der Waals surface area contributed by atoms with Gasteiger partial charge in [0.2, 0.25) is 0 Å². The SMILES string of the molecule is CC(Cl)c1cn(Cc2csc(-c3ccccc3)n2)nn1. The van der Waals surface area contributed by atoms with E-state index in [1.165, 1.54) is 0 Å². The molecule has 0 aliphatic heterocycles. The van der Waals surface area contributed by atoms with Crippen molar-refractivity contribution in [2.75, 3.05) is 0 Å². The van der Waals surface area contributed by atoms with Gasteiger partial charge in [0, 0.05) is 10.9 Å². The zero-order valence-corrected chi connectivity index (χ0v) is 12.5. The quantitative estimate of drug-likeness (QED) is 0.689. The lowest BCUT2D eigenvalue weighted by Gasteiger charge is -1.97. The molecule has 102 valence electrons. The molecular formula is C14H13ClN4S. The van der Waals surface area contributed by atoms with Crippen molar-refractivity contribution in [1.82, 2.24) is 20.0 Å². The first-order chi connectivity index (χ1) is 9.72. The minimum absolute atomic E-state index is 0.126. The van der Waals surface area contributed by atoms with Gasteiger partial charge in [0.25, 0.3) is 0 Å². The zero-order valence-electron chi connectivity index (χ0n) is 10.9. The third-order valence-corrected chi connectivity index (χ3v) is 4.02. The largest absolute Gasteiger partial charge is 0.246 e. The van der Waals surface area contributed by atoms with Gasteiger partial charge >= 0.3 is 0 Å². The summed E-state index contributed by atoms with van der Waals surface area (Å²) < 4.78 is 1.76. The molecule has 0 saturated carbocycles. The van der Waals surface area contributed by atoms with E-state index >= 15 is 0 Å². The summed E-state index contributed by atoms with van der Waals surface area (Å²) in [6, 6.07) is 10.2. The first-order valence-electron chi connectivity index (χ1n) is 6.26. The molecule has 6 heteroatoms. The van der Waals surface area contributed by atoms with Crippen LogP contribution in [0.5, 0.6) is 0 Å². The molecule has 3 rings (SSSR count). The number of thiazole rings is 1. The van der Waals surface area contributed by atoms with Crippen LogP contribution in [0.1, 0.15) is 23.7 Å². The predicted molar refractivity (Wildman–Crippen MR) is 80.9 cm³/mol. The van der Waals surface area contributed by atoms with Crippen LogP contribution < -0.4 is 0 Å². The number of hydrogen-bond donors (Lipinski definition) is 0. The zero-order chi connectivity index (χ0) is 13.9. The van der Waals surface area contributed by atoms with Crippen molar-refractivity contribution in [3.05, 3.63) is 53.3 Å². The van der Waals surface area contributed by atoms with Crippen LogP contribution in [0.25, 0.3) is 10.6 Å². The van der Waals surface area contributed by atoms with Crippen LogP contribution >= 0.6 is 22.9 Å². The Morgan fingerprint density at radius 2 is 2.10 bits per heavy atom. The van der Waals surface area contributed by atoms with E-state index in [0.717, 1.165) is 22.0 Å². The molecule has 2 aromatic heterocycles. The van der Waals surface area contributed by atoms with E-state index in [9.17, 15) is 0 Å². The summed E-state index contributed by atoms with van der Waals surface area (Å²) in [5.41, 5.74) is 2.90. The number of halogens is 1. The number of aromatic nitrogens is 4. The Morgan fingerprint density at radius 3 is 2.80 bits per heavy atom. The summed E-state index contributed by atoms with van der Waals surface area (Å²) in [4.78, 5) is 4.63. The van der Waals surface area contributed by atoms with Gasteiger partial charge < -0.3 is 0 Å². The summed E-state index contributed by atoms with van der Waals surface area (Å²) >= 11 is 7.61. The fraction of sp³-hybridized carbons (Fsp3) is 0.214. The maximum absolute atomic E-state index is 5.97. The van der Waals surface area contributed by atoms with Gasteiger partial charge in [-0.1, -0.05) is 35.5 Å². The summed E-state index contributed by atoms with van der Waals surface area (Å²) in [6.07, 6.45) is 1.86. The van der Waals surface area contributed by atoms with Crippen molar-refractivity contribution >= 4 is 22.9 Å². The minimum Gasteiger partial charge on any atom is -0.246 e. The fourth-order valence-corrected chi connectivity index (χ4v) is 2.75. The lowest BCUT2D eigenvalue weighted by molar-refractivity contribution is 0.641. The van der Waals surface area contributed by atoms with Crippen LogP contribution in [0.2, 0.25) is 0 Å². The summed E-state index contributed by atoms with van der Waals surface area (Å²) in [6.45, 7) is 2.49. The predicted octanol–water partition coefficient (Wildman–Crippen LogP) is 3.75. The van der Waals surface area contributed by atoms with E-state index < -0.39 is 0 Å². The Morgan fingerprint density at radius 1 is 1.30 bits per heavy atom. The maximum Gasteiger partial charge on any atom is 0.123 e. The lowest BCUT2D eigenvalue weighted by Crippen LogP contribution is -2.00. The van der Waals surface area contributed by atoms with Crippen LogP contribution in [0, 0.1) is 0 Å². The molecule has 0 aliphatic rings. The molecule has 4 nitrogen and oxygen atoms in total. The molecule has 0 fully saturated rings. The van der Waals surface area contributed by atoms with Gasteiger partial charge in [0.15, 0.2) is 0 Å². The molecule has 0 bridgehead atoms. The Kier molecular flexibility index (Phi) is 3.80. The van der Waals surface area contributed by atoms with Gasteiger partial charge in [-0.2, -0.15) is 0 Å². The van der Waals surface area contributed by atoms with E-state index in [-0.39, 0.29) is 5.38 Å². The van der Waals surface area contributed by atoms with E-state index in [0.29, 0.717) is 6.54 Å². The molecule has 0 N–H and O–H groups in total. The maximum atomic E-state index is 5.97. The number of rotatable bonds is 4. The standard InChI is InChI=1S/C14H13ClN4S/c1-10(15)13-8-19(18-17-13)7-12-9-20-14(16-12)11-5-3-2-4-6-11/h2-6,8-10H,7H2,1H3. The van der Waals surface area contributed by atoms with Gasteiger partial charge in [-0.3, -0.25) is 0 Å². The van der Waals surface area contributed by atoms with Gasteiger partial charge in [0.1, 0.15) is 10.7 Å². The summed E-state index contributed by atoms with van der Waals surface area (Å²) in [5.74, 6) is 0. The number of hydrogen-bond acceptors (Lipinski definition) is 4. The number of alkyl halides is 1. The average molecular weight is 305 g/mol. The molecule has 0 amide bonds. The average Bonchev–Trinajstić information content (AvgIpc) is 3.10. The first kappa shape index (κ1) is 13.3. The molecule has 0 spiro atoms. The second kappa shape index (κ2) is 5.73. The Bertz CT molecular complexity index is 690. The monoisotopic (exact) mass is 304 g/mol. The molecular weight excluding hydrogens is 292 g/mol. The second-order valence-corrected chi connectivity index (χ2v) is 5.98. The summed E-state index contributed by atoms with van der Waals surface area (Å²) in [7, 11) is 0. The highest BCUT2D eigenvalue weighted by Crippen LogP contribution is 2.23. The van der Waals surface area contributed by atoms with Crippen LogP contribution in [0.15, 0.2) is 41.9 Å². The van der Waals surface area contributed by atoms with E-state index in [1.807, 2.05) is 36.7 Å². The highest BCUT2D eigenvalue weighted by atomic mass is 35.5. The molecule has 1 unspecified atom stereocenters. The van der Waals surface area contributed by atoms with Gasteiger partial charge in [-0.15, -0.1) is 28.0 Å². The highest BCUT2D eigenvalue weighted by Gasteiger charge is 2.09. The van der Waals surface area contributed by atoms with E-state index in [1.54, 1.807) is 16.0 Å². The van der Waals surface area contributed by atoms with Crippen molar-refractivity contribution in [3.63, 3.8) is 0 Å². The first-order valence-corrected chi connectivity index (χ1v) is 7.58. The smallest absolute Gasteiger partial charge is 0.123 e. The highest BCUT2D eigenvalue weighted by molar-refractivity contribution is 7.13. The lowest BCUT2D eigenvalue weighted by atomic mass is 10.2. The molecule has 2 heterocycles. The van der Waals surface area contributed by atoms with Crippen molar-refractivity contribution in [3.8, 4) is 10.6 Å². The fourth-order valence-electron chi connectivity index (χ4n) is 1.83. The van der Waals surface area contributed by atoms with E-state index in [2.05, 4.69) is 27.4 Å². The molecule has 0 aliphatic carbocycles. The van der Waals surface area contributed by atoms with Crippen LogP contribution in [-0.2, 0) is 6.54 Å². The molecule has 1 aromatic carbocycles. The van der Waals surface area contributed by atoms with Crippen LogP contribution in [0.3, 0.4) is 0 Å². The Hall–Kier alpha value is -1.72. The van der Waals surface area contributed by atoms with Gasteiger partial charge in [-0.05, 0) is 6.92 Å². The minimum atomic E-state index is -0.126.